The summed E-state index contributed by atoms with van der Waals surface area (Å²) in [5.74, 6) is 3.57. The van der Waals surface area contributed by atoms with Crippen LogP contribution >= 0.6 is 0 Å². The molecule has 0 aromatic carbocycles. The standard InChI is InChI=1S/C9H14F2N4OS/c1-17(16)4-2-3-13-8-6(10)5-7(11)9(14-8)15-12/h5H,2-4,12H2,1H3,(H2,13,14,15). The first-order valence-electron chi connectivity index (χ1n) is 4.91. The Morgan fingerprint density at radius 3 is 2.65 bits per heavy atom. The van der Waals surface area contributed by atoms with Crippen molar-refractivity contribution in [2.75, 3.05) is 29.3 Å². The van der Waals surface area contributed by atoms with Crippen molar-refractivity contribution in [1.29, 1.82) is 0 Å². The maximum atomic E-state index is 13.3. The summed E-state index contributed by atoms with van der Waals surface area (Å²) in [6.45, 7) is 0.402. The van der Waals surface area contributed by atoms with Crippen LogP contribution in [0, 0.1) is 11.6 Å². The summed E-state index contributed by atoms with van der Waals surface area (Å²) in [4.78, 5) is 3.63. The lowest BCUT2D eigenvalue weighted by atomic mass is 10.4. The Bertz CT molecular complexity index is 416. The van der Waals surface area contributed by atoms with Crippen molar-refractivity contribution in [3.8, 4) is 0 Å². The Kier molecular flexibility index (Phi) is 5.23. The lowest BCUT2D eigenvalue weighted by molar-refractivity contribution is 0.578. The molecule has 5 nitrogen and oxygen atoms in total. The first-order chi connectivity index (χ1) is 8.04. The number of hydrogen-bond donors (Lipinski definition) is 3. The van der Waals surface area contributed by atoms with Gasteiger partial charge in [-0.1, -0.05) is 0 Å². The monoisotopic (exact) mass is 264 g/mol. The molecule has 0 aliphatic heterocycles. The maximum Gasteiger partial charge on any atom is 0.178 e. The second kappa shape index (κ2) is 6.45. The van der Waals surface area contributed by atoms with E-state index in [4.69, 9.17) is 5.84 Å². The fraction of sp³-hybridized carbons (Fsp3) is 0.444. The van der Waals surface area contributed by atoms with Gasteiger partial charge in [0.2, 0.25) is 0 Å². The van der Waals surface area contributed by atoms with E-state index in [2.05, 4.69) is 10.3 Å². The van der Waals surface area contributed by atoms with Gasteiger partial charge in [0.25, 0.3) is 0 Å². The van der Waals surface area contributed by atoms with Gasteiger partial charge < -0.3 is 10.7 Å². The van der Waals surface area contributed by atoms with E-state index in [0.717, 1.165) is 0 Å². The van der Waals surface area contributed by atoms with Crippen LogP contribution in [0.4, 0.5) is 20.4 Å². The van der Waals surface area contributed by atoms with Gasteiger partial charge in [0.05, 0.1) is 0 Å². The zero-order valence-corrected chi connectivity index (χ0v) is 10.1. The Labute approximate surface area is 100 Å². The van der Waals surface area contributed by atoms with Gasteiger partial charge in [-0.05, 0) is 6.42 Å². The Morgan fingerprint density at radius 2 is 2.06 bits per heavy atom. The number of aromatic nitrogens is 1. The minimum absolute atomic E-state index is 0.0822. The quantitative estimate of drug-likeness (QED) is 0.403. The van der Waals surface area contributed by atoms with Crippen molar-refractivity contribution in [2.45, 2.75) is 6.42 Å². The highest BCUT2D eigenvalue weighted by Crippen LogP contribution is 2.17. The molecule has 0 saturated carbocycles. The van der Waals surface area contributed by atoms with Crippen molar-refractivity contribution in [3.63, 3.8) is 0 Å². The minimum Gasteiger partial charge on any atom is -0.368 e. The molecule has 0 saturated heterocycles. The second-order valence-corrected chi connectivity index (χ2v) is 4.91. The van der Waals surface area contributed by atoms with Crippen molar-refractivity contribution < 1.29 is 13.0 Å². The fourth-order valence-corrected chi connectivity index (χ4v) is 1.72. The van der Waals surface area contributed by atoms with Gasteiger partial charge in [0.1, 0.15) is 0 Å². The third kappa shape index (κ3) is 4.23. The van der Waals surface area contributed by atoms with E-state index in [1.165, 1.54) is 0 Å². The average Bonchev–Trinajstić information content (AvgIpc) is 2.26. The summed E-state index contributed by atoms with van der Waals surface area (Å²) in [5, 5.41) is 2.69. The van der Waals surface area contributed by atoms with Crippen molar-refractivity contribution >= 4 is 22.4 Å². The third-order valence-corrected chi connectivity index (χ3v) is 2.83. The number of nitrogen functional groups attached to an aromatic ring is 1. The summed E-state index contributed by atoms with van der Waals surface area (Å²) in [7, 11) is -0.885. The Hall–Kier alpha value is -1.28. The van der Waals surface area contributed by atoms with Crippen LogP contribution in [0.5, 0.6) is 0 Å². The highest BCUT2D eigenvalue weighted by atomic mass is 32.2. The van der Waals surface area contributed by atoms with Crippen molar-refractivity contribution in [1.82, 2.24) is 4.98 Å². The Balaban J connectivity index is 2.61. The number of nitrogens with two attached hydrogens (primary N) is 1. The molecule has 1 heterocycles. The number of anilines is 2. The molecule has 0 fully saturated rings. The van der Waals surface area contributed by atoms with Crippen LogP contribution in [-0.2, 0) is 10.8 Å². The third-order valence-electron chi connectivity index (χ3n) is 1.97. The van der Waals surface area contributed by atoms with Crippen molar-refractivity contribution in [3.05, 3.63) is 17.7 Å². The maximum absolute atomic E-state index is 13.3. The molecule has 96 valence electrons. The molecule has 1 atom stereocenters. The normalized spacial score (nSPS) is 12.2. The summed E-state index contributed by atoms with van der Waals surface area (Å²) in [5.41, 5.74) is 2.03. The number of hydrogen-bond acceptors (Lipinski definition) is 5. The zero-order chi connectivity index (χ0) is 12.8. The highest BCUT2D eigenvalue weighted by Gasteiger charge is 2.10. The number of hydrazine groups is 1. The molecule has 0 bridgehead atoms. The van der Waals surface area contributed by atoms with Gasteiger partial charge in [-0.2, -0.15) is 0 Å². The number of rotatable bonds is 6. The topological polar surface area (TPSA) is 80.0 Å². The fourth-order valence-electron chi connectivity index (χ4n) is 1.17. The largest absolute Gasteiger partial charge is 0.368 e. The first-order valence-corrected chi connectivity index (χ1v) is 6.64. The number of nitrogens with zero attached hydrogens (tertiary/aromatic N) is 1. The van der Waals surface area contributed by atoms with Crippen LogP contribution in [0.15, 0.2) is 6.07 Å². The number of nitrogens with one attached hydrogen (secondary N) is 2. The van der Waals surface area contributed by atoms with Gasteiger partial charge in [0.15, 0.2) is 23.3 Å². The smallest absolute Gasteiger partial charge is 0.178 e. The molecule has 0 radical (unpaired) electrons. The van der Waals surface area contributed by atoms with E-state index >= 15 is 0 Å². The molecule has 0 aliphatic rings. The summed E-state index contributed by atoms with van der Waals surface area (Å²) < 4.78 is 37.1. The molecule has 0 spiro atoms. The molecule has 1 rings (SSSR count). The highest BCUT2D eigenvalue weighted by molar-refractivity contribution is 7.84. The van der Waals surface area contributed by atoms with Gasteiger partial charge in [-0.15, -0.1) is 0 Å². The average molecular weight is 264 g/mol. The van der Waals surface area contributed by atoms with E-state index in [1.807, 2.05) is 5.43 Å². The lowest BCUT2D eigenvalue weighted by Crippen LogP contribution is -2.14. The summed E-state index contributed by atoms with van der Waals surface area (Å²) >= 11 is 0. The van der Waals surface area contributed by atoms with Gasteiger partial charge in [-0.3, -0.25) is 4.21 Å². The summed E-state index contributed by atoms with van der Waals surface area (Å²) in [6.07, 6.45) is 2.19. The van der Waals surface area contributed by atoms with Gasteiger partial charge >= 0.3 is 0 Å². The first kappa shape index (κ1) is 13.8. The van der Waals surface area contributed by atoms with Crippen LogP contribution in [0.25, 0.3) is 0 Å². The van der Waals surface area contributed by atoms with E-state index in [9.17, 15) is 13.0 Å². The van der Waals surface area contributed by atoms with Gasteiger partial charge in [-0.25, -0.2) is 19.6 Å². The van der Waals surface area contributed by atoms with E-state index in [1.54, 1.807) is 6.26 Å². The molecular weight excluding hydrogens is 250 g/mol. The van der Waals surface area contributed by atoms with Crippen LogP contribution in [0.3, 0.4) is 0 Å². The van der Waals surface area contributed by atoms with E-state index in [0.29, 0.717) is 24.8 Å². The van der Waals surface area contributed by atoms with Crippen LogP contribution in [0.1, 0.15) is 6.42 Å². The molecule has 1 aromatic heterocycles. The number of halogens is 2. The molecule has 0 aliphatic carbocycles. The molecule has 1 unspecified atom stereocenters. The molecule has 4 N–H and O–H groups in total. The van der Waals surface area contributed by atoms with E-state index in [-0.39, 0.29) is 11.6 Å². The molecule has 0 amide bonds. The lowest BCUT2D eigenvalue weighted by Gasteiger charge is -2.08. The minimum atomic E-state index is -0.885. The Morgan fingerprint density at radius 1 is 1.41 bits per heavy atom. The number of pyridine rings is 1. The summed E-state index contributed by atoms with van der Waals surface area (Å²) in [6, 6.07) is 0.697. The second-order valence-electron chi connectivity index (χ2n) is 3.35. The van der Waals surface area contributed by atoms with Crippen molar-refractivity contribution in [2.24, 2.45) is 5.84 Å². The SMILES string of the molecule is CS(=O)CCCNc1nc(NN)c(F)cc1F. The predicted molar refractivity (Wildman–Crippen MR) is 64.0 cm³/mol. The molecule has 1 aromatic rings. The zero-order valence-electron chi connectivity index (χ0n) is 9.30. The van der Waals surface area contributed by atoms with E-state index < -0.39 is 22.4 Å². The predicted octanol–water partition coefficient (Wildman–Crippen LogP) is 0.826. The van der Waals surface area contributed by atoms with Crippen LogP contribution < -0.4 is 16.6 Å². The molecule has 8 heteroatoms. The van der Waals surface area contributed by atoms with Gasteiger partial charge in [0, 0.05) is 35.4 Å². The molecule has 17 heavy (non-hydrogen) atoms. The molecular formula is C9H14F2N4OS. The van der Waals surface area contributed by atoms with Crippen LogP contribution in [-0.4, -0.2) is 27.7 Å². The van der Waals surface area contributed by atoms with Crippen LogP contribution in [0.2, 0.25) is 0 Å².